The molecule has 0 saturated heterocycles. The normalized spacial score (nSPS) is 8.00. The topological polar surface area (TPSA) is 46.1 Å². The molecule has 76 valence electrons. The van der Waals surface area contributed by atoms with E-state index in [0.717, 1.165) is 0 Å². The SMILES string of the molecule is [Cr+2].[O-]c1ccccc1.[O-]c1ccccc1. The maximum absolute atomic E-state index is 10.3. The van der Waals surface area contributed by atoms with E-state index in [1.165, 1.54) is 24.3 Å². The zero-order valence-corrected chi connectivity index (χ0v) is 9.27. The molecule has 2 aromatic rings. The third-order valence-electron chi connectivity index (χ3n) is 1.49. The van der Waals surface area contributed by atoms with Gasteiger partial charge in [0.05, 0.1) is 0 Å². The molecule has 0 atom stereocenters. The first-order valence-corrected chi connectivity index (χ1v) is 4.23. The van der Waals surface area contributed by atoms with Crippen LogP contribution in [-0.4, -0.2) is 0 Å². The fraction of sp³-hybridized carbons (Fsp3) is 0. The first kappa shape index (κ1) is 13.6. The summed E-state index contributed by atoms with van der Waals surface area (Å²) < 4.78 is 0. The van der Waals surface area contributed by atoms with Crippen LogP contribution in [0.5, 0.6) is 11.5 Å². The molecule has 0 unspecified atom stereocenters. The molecule has 0 spiro atoms. The van der Waals surface area contributed by atoms with E-state index in [0.29, 0.717) is 0 Å². The van der Waals surface area contributed by atoms with Crippen molar-refractivity contribution in [2.24, 2.45) is 0 Å². The molecule has 0 saturated carbocycles. The van der Waals surface area contributed by atoms with Gasteiger partial charge in [-0.3, -0.25) is 0 Å². The van der Waals surface area contributed by atoms with E-state index < -0.39 is 0 Å². The first-order valence-electron chi connectivity index (χ1n) is 4.23. The number of para-hydroxylation sites is 2. The molecule has 0 bridgehead atoms. The molecule has 0 heterocycles. The van der Waals surface area contributed by atoms with Gasteiger partial charge in [0.1, 0.15) is 0 Å². The molecule has 2 rings (SSSR count). The van der Waals surface area contributed by atoms with Gasteiger partial charge in [-0.25, -0.2) is 0 Å². The van der Waals surface area contributed by atoms with Gasteiger partial charge in [-0.15, -0.1) is 11.5 Å². The third kappa shape index (κ3) is 6.62. The molecule has 0 radical (unpaired) electrons. The minimum absolute atomic E-state index is 0. The number of hydrogen-bond acceptors (Lipinski definition) is 2. The van der Waals surface area contributed by atoms with E-state index in [-0.39, 0.29) is 28.9 Å². The summed E-state index contributed by atoms with van der Waals surface area (Å²) in [5.41, 5.74) is 0. The summed E-state index contributed by atoms with van der Waals surface area (Å²) >= 11 is 0. The van der Waals surface area contributed by atoms with Crippen molar-refractivity contribution in [1.82, 2.24) is 0 Å². The Kier molecular flexibility index (Phi) is 7.17. The van der Waals surface area contributed by atoms with Crippen LogP contribution in [0.1, 0.15) is 0 Å². The van der Waals surface area contributed by atoms with Crippen LogP contribution < -0.4 is 10.2 Å². The molecule has 15 heavy (non-hydrogen) atoms. The van der Waals surface area contributed by atoms with Gasteiger partial charge in [-0.05, 0) is 0 Å². The molecule has 2 nitrogen and oxygen atoms in total. The minimum Gasteiger partial charge on any atom is -0.872 e. The van der Waals surface area contributed by atoms with Gasteiger partial charge < -0.3 is 10.2 Å². The van der Waals surface area contributed by atoms with Crippen molar-refractivity contribution in [3.05, 3.63) is 60.7 Å². The monoisotopic (exact) mass is 238 g/mol. The largest absolute Gasteiger partial charge is 2.00 e. The molecule has 0 aliphatic carbocycles. The maximum atomic E-state index is 10.3. The molecule has 0 aliphatic rings. The number of rotatable bonds is 0. The molecule has 0 amide bonds. The van der Waals surface area contributed by atoms with Crippen molar-refractivity contribution < 1.29 is 27.6 Å². The van der Waals surface area contributed by atoms with Gasteiger partial charge in [-0.1, -0.05) is 60.7 Å². The van der Waals surface area contributed by atoms with Gasteiger partial charge >= 0.3 is 17.4 Å². The van der Waals surface area contributed by atoms with Crippen LogP contribution in [0.3, 0.4) is 0 Å². The first-order chi connectivity index (χ1) is 6.79. The fourth-order valence-corrected chi connectivity index (χ4v) is 0.841. The standard InChI is InChI=1S/2C6H6O.Cr/c2*7-6-4-2-1-3-5-6;/h2*1-5,7H;/q;;+2/p-2. The Bertz CT molecular complexity index is 311. The Morgan fingerprint density at radius 3 is 0.933 bits per heavy atom. The molecule has 0 aromatic heterocycles. The molecule has 0 fully saturated rings. The van der Waals surface area contributed by atoms with Crippen LogP contribution in [0, 0.1) is 0 Å². The molecular formula is C12H10CrO2. The quantitative estimate of drug-likeness (QED) is 0.698. The molecule has 0 aliphatic heterocycles. The van der Waals surface area contributed by atoms with Gasteiger partial charge in [0.25, 0.3) is 0 Å². The Labute approximate surface area is 100.0 Å². The molecule has 2 aromatic carbocycles. The average Bonchev–Trinajstić information content (AvgIpc) is 2.21. The number of benzene rings is 2. The van der Waals surface area contributed by atoms with Gasteiger partial charge in [0.15, 0.2) is 0 Å². The zero-order chi connectivity index (χ0) is 10.2. The summed E-state index contributed by atoms with van der Waals surface area (Å²) in [5, 5.41) is 20.5. The van der Waals surface area contributed by atoms with Crippen LogP contribution in [0.4, 0.5) is 0 Å². The van der Waals surface area contributed by atoms with Gasteiger partial charge in [0, 0.05) is 0 Å². The van der Waals surface area contributed by atoms with E-state index >= 15 is 0 Å². The summed E-state index contributed by atoms with van der Waals surface area (Å²) in [6.07, 6.45) is 0. The van der Waals surface area contributed by atoms with Gasteiger partial charge in [-0.2, -0.15) is 0 Å². The van der Waals surface area contributed by atoms with E-state index in [4.69, 9.17) is 0 Å². The second-order valence-electron chi connectivity index (χ2n) is 2.63. The predicted octanol–water partition coefficient (Wildman–Crippen LogP) is 1.52. The maximum Gasteiger partial charge on any atom is 2.00 e. The Morgan fingerprint density at radius 2 is 0.800 bits per heavy atom. The molecular weight excluding hydrogens is 228 g/mol. The summed E-state index contributed by atoms with van der Waals surface area (Å²) in [4.78, 5) is 0. The fourth-order valence-electron chi connectivity index (χ4n) is 0.841. The number of hydrogen-bond donors (Lipinski definition) is 0. The molecule has 0 N–H and O–H groups in total. The zero-order valence-electron chi connectivity index (χ0n) is 8.00. The van der Waals surface area contributed by atoms with E-state index in [2.05, 4.69) is 0 Å². The Hall–Kier alpha value is -1.43. The van der Waals surface area contributed by atoms with Crippen LogP contribution in [-0.2, 0) is 17.4 Å². The van der Waals surface area contributed by atoms with Crippen LogP contribution in [0.2, 0.25) is 0 Å². The van der Waals surface area contributed by atoms with Crippen LogP contribution in [0.15, 0.2) is 60.7 Å². The second kappa shape index (κ2) is 7.93. The molecule has 3 heteroatoms. The van der Waals surface area contributed by atoms with Crippen molar-refractivity contribution in [1.29, 1.82) is 0 Å². The van der Waals surface area contributed by atoms with Gasteiger partial charge in [0.2, 0.25) is 0 Å². The van der Waals surface area contributed by atoms with Crippen molar-refractivity contribution in [2.45, 2.75) is 0 Å². The minimum atomic E-state index is 0. The second-order valence-corrected chi connectivity index (χ2v) is 2.63. The Morgan fingerprint density at radius 1 is 0.533 bits per heavy atom. The van der Waals surface area contributed by atoms with Crippen LogP contribution in [0.25, 0.3) is 0 Å². The summed E-state index contributed by atoms with van der Waals surface area (Å²) in [7, 11) is 0. The third-order valence-corrected chi connectivity index (χ3v) is 1.49. The Balaban J connectivity index is 0.000000245. The van der Waals surface area contributed by atoms with Crippen molar-refractivity contribution in [2.75, 3.05) is 0 Å². The van der Waals surface area contributed by atoms with E-state index in [1.807, 2.05) is 12.1 Å². The summed E-state index contributed by atoms with van der Waals surface area (Å²) in [5.74, 6) is 0.144. The van der Waals surface area contributed by atoms with Crippen LogP contribution >= 0.6 is 0 Å². The van der Waals surface area contributed by atoms with Crippen molar-refractivity contribution in [3.63, 3.8) is 0 Å². The summed E-state index contributed by atoms with van der Waals surface area (Å²) in [6, 6.07) is 16.7. The summed E-state index contributed by atoms with van der Waals surface area (Å²) in [6.45, 7) is 0. The predicted molar refractivity (Wildman–Crippen MR) is 51.8 cm³/mol. The van der Waals surface area contributed by atoms with E-state index in [1.54, 1.807) is 24.3 Å². The van der Waals surface area contributed by atoms with E-state index in [9.17, 15) is 10.2 Å². The average molecular weight is 238 g/mol. The van der Waals surface area contributed by atoms with Crippen molar-refractivity contribution in [3.8, 4) is 11.5 Å². The van der Waals surface area contributed by atoms with Crippen molar-refractivity contribution >= 4 is 0 Å². The smallest absolute Gasteiger partial charge is 0.872 e.